The predicted molar refractivity (Wildman–Crippen MR) is 248 cm³/mol. The van der Waals surface area contributed by atoms with Crippen molar-refractivity contribution in [3.8, 4) is 11.5 Å². The molecule has 4 aliphatic rings. The third kappa shape index (κ3) is 10.5. The number of ether oxygens (including phenoxy) is 2. The number of nitrogens with zero attached hydrogens (tertiary/aromatic N) is 2. The zero-order valence-electron chi connectivity index (χ0n) is 36.3. The normalized spacial score (nSPS) is 17.5. The van der Waals surface area contributed by atoms with E-state index in [4.69, 9.17) is 18.3 Å². The van der Waals surface area contributed by atoms with Gasteiger partial charge in [0.05, 0.1) is 0 Å². The maximum absolute atomic E-state index is 12.3. The molecule has 0 N–H and O–H groups in total. The fraction of sp³-hybridized carbons (Fsp3) is 0.444. The van der Waals surface area contributed by atoms with Crippen LogP contribution in [0.2, 0.25) is 0 Å². The molecule has 0 bridgehead atoms. The summed E-state index contributed by atoms with van der Waals surface area (Å²) in [6.45, 7) is 7.74. The van der Waals surface area contributed by atoms with Crippen LogP contribution in [0.15, 0.2) is 115 Å². The molecule has 0 atom stereocenters. The first-order valence-electron chi connectivity index (χ1n) is 23.5. The lowest BCUT2D eigenvalue weighted by Crippen LogP contribution is -2.37. The summed E-state index contributed by atoms with van der Waals surface area (Å²) in [5, 5.41) is 2.14. The Hall–Kier alpha value is -5.18. The fourth-order valence-corrected chi connectivity index (χ4v) is 10.3. The van der Waals surface area contributed by atoms with Crippen molar-refractivity contribution in [1.82, 2.24) is 9.80 Å². The van der Waals surface area contributed by atoms with Crippen LogP contribution in [0.1, 0.15) is 84.7 Å². The van der Waals surface area contributed by atoms with E-state index in [-0.39, 0.29) is 11.3 Å². The van der Waals surface area contributed by atoms with Crippen molar-refractivity contribution >= 4 is 21.9 Å². The van der Waals surface area contributed by atoms with E-state index in [1.807, 2.05) is 24.3 Å². The minimum absolute atomic E-state index is 0.169. The maximum atomic E-state index is 12.3. The number of aryl methyl sites for hydroxylation is 2. The lowest BCUT2D eigenvalue weighted by Gasteiger charge is -2.31. The van der Waals surface area contributed by atoms with Crippen LogP contribution in [0.4, 0.5) is 0 Å². The molecule has 2 fully saturated rings. The van der Waals surface area contributed by atoms with Crippen LogP contribution in [0.25, 0.3) is 21.9 Å². The van der Waals surface area contributed by atoms with Gasteiger partial charge in [0.1, 0.15) is 35.9 Å². The highest BCUT2D eigenvalue weighted by molar-refractivity contribution is 5.83. The van der Waals surface area contributed by atoms with Crippen molar-refractivity contribution < 1.29 is 18.3 Å². The molecule has 2 aliphatic carbocycles. The fourth-order valence-electron chi connectivity index (χ4n) is 10.3. The summed E-state index contributed by atoms with van der Waals surface area (Å²) < 4.78 is 23.3. The van der Waals surface area contributed by atoms with E-state index >= 15 is 0 Å². The summed E-state index contributed by atoms with van der Waals surface area (Å²) in [6, 6.07) is 33.6. The van der Waals surface area contributed by atoms with E-state index in [2.05, 4.69) is 82.6 Å². The largest absolute Gasteiger partial charge is 0.492 e. The first-order chi connectivity index (χ1) is 30.5. The van der Waals surface area contributed by atoms with E-state index in [1.54, 1.807) is 0 Å². The SMILES string of the molecule is O=c1oc2cc(OCCN3CCC(Cc4ccccc4)CC3)ccc2c2c1CCCC2.O=c1oc2cc(OCCN3CCC(Cc4ccccc4)CC3)ccc2c2c1CCCC2. The Morgan fingerprint density at radius 3 is 1.27 bits per heavy atom. The second-order valence-electron chi connectivity index (χ2n) is 18.1. The van der Waals surface area contributed by atoms with Crippen molar-refractivity contribution in [3.63, 3.8) is 0 Å². The van der Waals surface area contributed by atoms with E-state index in [9.17, 15) is 9.59 Å². The first-order valence-corrected chi connectivity index (χ1v) is 23.5. The highest BCUT2D eigenvalue weighted by atomic mass is 16.5. The average Bonchev–Trinajstić information content (AvgIpc) is 3.31. The van der Waals surface area contributed by atoms with Crippen molar-refractivity contribution in [2.24, 2.45) is 11.8 Å². The monoisotopic (exact) mass is 834 g/mol. The zero-order chi connectivity index (χ0) is 42.1. The topological polar surface area (TPSA) is 85.4 Å². The minimum Gasteiger partial charge on any atom is -0.492 e. The Labute approximate surface area is 365 Å². The molecular weight excluding hydrogens is 773 g/mol. The summed E-state index contributed by atoms with van der Waals surface area (Å²) in [6.07, 6.45) is 15.5. The Morgan fingerprint density at radius 1 is 0.484 bits per heavy atom. The van der Waals surface area contributed by atoms with Crippen LogP contribution < -0.4 is 20.7 Å². The quantitative estimate of drug-likeness (QED) is 0.113. The molecule has 2 aliphatic heterocycles. The summed E-state index contributed by atoms with van der Waals surface area (Å²) in [4.78, 5) is 29.7. The summed E-state index contributed by atoms with van der Waals surface area (Å²) in [5.74, 6) is 3.14. The second-order valence-corrected chi connectivity index (χ2v) is 18.1. The Bertz CT molecular complexity index is 2340. The van der Waals surface area contributed by atoms with Gasteiger partial charge in [0.15, 0.2) is 0 Å². The van der Waals surface area contributed by atoms with Crippen molar-refractivity contribution in [1.29, 1.82) is 0 Å². The third-order valence-electron chi connectivity index (χ3n) is 13.9. The van der Waals surface area contributed by atoms with Crippen LogP contribution >= 0.6 is 0 Å². The van der Waals surface area contributed by atoms with E-state index in [0.29, 0.717) is 24.4 Å². The number of rotatable bonds is 12. The van der Waals surface area contributed by atoms with Crippen molar-refractivity contribution in [2.75, 3.05) is 52.5 Å². The second kappa shape index (κ2) is 20.3. The van der Waals surface area contributed by atoms with Gasteiger partial charge in [-0.05, 0) is 174 Å². The molecule has 0 saturated carbocycles. The predicted octanol–water partition coefficient (Wildman–Crippen LogP) is 10.0. The summed E-state index contributed by atoms with van der Waals surface area (Å²) >= 11 is 0. The summed E-state index contributed by atoms with van der Waals surface area (Å²) in [5.41, 5.74) is 8.00. The molecule has 0 amide bonds. The molecule has 10 rings (SSSR count). The number of hydrogen-bond acceptors (Lipinski definition) is 8. The van der Waals surface area contributed by atoms with Gasteiger partial charge < -0.3 is 18.3 Å². The van der Waals surface area contributed by atoms with Crippen LogP contribution in [-0.2, 0) is 38.5 Å². The van der Waals surface area contributed by atoms with Gasteiger partial charge in [-0.25, -0.2) is 9.59 Å². The van der Waals surface area contributed by atoms with Gasteiger partial charge in [-0.1, -0.05) is 60.7 Å². The first kappa shape index (κ1) is 42.1. The number of hydrogen-bond donors (Lipinski definition) is 0. The van der Waals surface area contributed by atoms with Crippen LogP contribution in [0, 0.1) is 11.8 Å². The van der Waals surface area contributed by atoms with Gasteiger partial charge in [0.2, 0.25) is 0 Å². The molecule has 0 radical (unpaired) electrons. The van der Waals surface area contributed by atoms with Gasteiger partial charge in [-0.3, -0.25) is 9.80 Å². The smallest absolute Gasteiger partial charge is 0.339 e. The van der Waals surface area contributed by atoms with Crippen molar-refractivity contribution in [2.45, 2.75) is 89.9 Å². The van der Waals surface area contributed by atoms with Gasteiger partial charge in [0, 0.05) is 47.1 Å². The molecule has 6 aromatic rings. The van der Waals surface area contributed by atoms with Gasteiger partial charge in [-0.2, -0.15) is 0 Å². The molecule has 0 unspecified atom stereocenters. The number of piperidine rings is 2. The molecule has 0 spiro atoms. The Balaban J connectivity index is 0.000000158. The molecule has 324 valence electrons. The van der Waals surface area contributed by atoms with Crippen LogP contribution in [0.3, 0.4) is 0 Å². The lowest BCUT2D eigenvalue weighted by molar-refractivity contribution is 0.155. The van der Waals surface area contributed by atoms with E-state index in [0.717, 1.165) is 136 Å². The average molecular weight is 835 g/mol. The van der Waals surface area contributed by atoms with E-state index in [1.165, 1.54) is 60.8 Å². The van der Waals surface area contributed by atoms with Crippen LogP contribution in [0.5, 0.6) is 11.5 Å². The molecule has 4 aromatic carbocycles. The molecule has 62 heavy (non-hydrogen) atoms. The molecule has 8 heteroatoms. The maximum Gasteiger partial charge on any atom is 0.339 e. The zero-order valence-corrected chi connectivity index (χ0v) is 36.3. The van der Waals surface area contributed by atoms with E-state index < -0.39 is 0 Å². The number of benzene rings is 4. The number of fused-ring (bicyclic) bond motifs is 6. The molecule has 4 heterocycles. The van der Waals surface area contributed by atoms with Crippen LogP contribution in [-0.4, -0.2) is 62.3 Å². The Kier molecular flexibility index (Phi) is 13.8. The lowest BCUT2D eigenvalue weighted by atomic mass is 9.90. The highest BCUT2D eigenvalue weighted by Crippen LogP contribution is 2.31. The van der Waals surface area contributed by atoms with Gasteiger partial charge in [-0.15, -0.1) is 0 Å². The molecule has 2 aromatic heterocycles. The highest BCUT2D eigenvalue weighted by Gasteiger charge is 2.23. The molecule has 2 saturated heterocycles. The van der Waals surface area contributed by atoms with Crippen molar-refractivity contribution in [3.05, 3.63) is 151 Å². The summed E-state index contributed by atoms with van der Waals surface area (Å²) in [7, 11) is 0. The van der Waals surface area contributed by atoms with Gasteiger partial charge >= 0.3 is 11.3 Å². The van der Waals surface area contributed by atoms with Gasteiger partial charge in [0.25, 0.3) is 0 Å². The Morgan fingerprint density at radius 2 is 0.871 bits per heavy atom. The molecular formula is C54H62N2O6. The minimum atomic E-state index is -0.169. The standard InChI is InChI=1S/2C27H31NO3/c2*29-27-25-9-5-4-8-23(25)24-11-10-22(19-26(24)31-27)30-17-16-28-14-12-21(13-15-28)18-20-6-2-1-3-7-20/h2*1-3,6-7,10-11,19,21H,4-5,8-9,12-18H2. The number of likely N-dealkylation sites (tertiary alicyclic amines) is 2. The third-order valence-corrected chi connectivity index (χ3v) is 13.9. The molecule has 8 nitrogen and oxygen atoms in total.